The van der Waals surface area contributed by atoms with Crippen molar-refractivity contribution in [1.82, 2.24) is 0 Å². The van der Waals surface area contributed by atoms with Crippen LogP contribution in [-0.2, 0) is 9.53 Å². The number of hydrogen-bond donors (Lipinski definition) is 0. The van der Waals surface area contributed by atoms with E-state index < -0.39 is 0 Å². The summed E-state index contributed by atoms with van der Waals surface area (Å²) >= 11 is 0. The van der Waals surface area contributed by atoms with Crippen LogP contribution in [0.15, 0.2) is 0 Å². The zero-order chi connectivity index (χ0) is 6.27. The van der Waals surface area contributed by atoms with Crippen molar-refractivity contribution in [3.05, 3.63) is 0 Å². The van der Waals surface area contributed by atoms with E-state index in [0.29, 0.717) is 12.0 Å². The van der Waals surface area contributed by atoms with Crippen molar-refractivity contribution in [2.75, 3.05) is 0 Å². The van der Waals surface area contributed by atoms with Gasteiger partial charge in [0, 0.05) is 0 Å². The van der Waals surface area contributed by atoms with E-state index in [4.69, 9.17) is 4.74 Å². The van der Waals surface area contributed by atoms with Gasteiger partial charge in [-0.05, 0) is 19.3 Å². The fourth-order valence-electron chi connectivity index (χ4n) is 1.67. The lowest BCUT2D eigenvalue weighted by Crippen LogP contribution is -2.46. The second-order valence-electron chi connectivity index (χ2n) is 2.87. The predicted molar refractivity (Wildman–Crippen MR) is 31.8 cm³/mol. The molecule has 1 saturated heterocycles. The van der Waals surface area contributed by atoms with Gasteiger partial charge in [0.05, 0.1) is 5.92 Å². The zero-order valence-electron chi connectivity index (χ0n) is 5.30. The van der Waals surface area contributed by atoms with Gasteiger partial charge >= 0.3 is 5.97 Å². The van der Waals surface area contributed by atoms with Crippen molar-refractivity contribution in [2.24, 2.45) is 5.92 Å². The van der Waals surface area contributed by atoms with E-state index in [1.54, 1.807) is 0 Å². The highest BCUT2D eigenvalue weighted by atomic mass is 16.6. The highest BCUT2D eigenvalue weighted by Gasteiger charge is 2.43. The molecule has 2 aliphatic rings. The van der Waals surface area contributed by atoms with Gasteiger partial charge in [-0.15, -0.1) is 0 Å². The second kappa shape index (κ2) is 1.72. The van der Waals surface area contributed by atoms with Crippen LogP contribution >= 0.6 is 0 Å². The van der Waals surface area contributed by atoms with Crippen LogP contribution in [0.4, 0.5) is 0 Å². The number of hydrogen-bond acceptors (Lipinski definition) is 2. The third-order valence-electron chi connectivity index (χ3n) is 2.27. The Morgan fingerprint density at radius 1 is 1.33 bits per heavy atom. The minimum absolute atomic E-state index is 0.0414. The summed E-state index contributed by atoms with van der Waals surface area (Å²) in [6, 6.07) is 0. The number of esters is 1. The van der Waals surface area contributed by atoms with Crippen molar-refractivity contribution in [1.29, 1.82) is 0 Å². The molecule has 2 heteroatoms. The molecule has 0 radical (unpaired) electrons. The van der Waals surface area contributed by atoms with Crippen LogP contribution in [0.3, 0.4) is 0 Å². The summed E-state index contributed by atoms with van der Waals surface area (Å²) < 4.78 is 4.90. The van der Waals surface area contributed by atoms with E-state index in [9.17, 15) is 4.79 Å². The topological polar surface area (TPSA) is 26.3 Å². The Morgan fingerprint density at radius 2 is 2.11 bits per heavy atom. The largest absolute Gasteiger partial charge is 0.461 e. The van der Waals surface area contributed by atoms with Gasteiger partial charge in [0.15, 0.2) is 0 Å². The zero-order valence-corrected chi connectivity index (χ0v) is 5.30. The molecule has 0 bridgehead atoms. The smallest absolute Gasteiger partial charge is 0.313 e. The highest BCUT2D eigenvalue weighted by molar-refractivity contribution is 5.78. The summed E-state index contributed by atoms with van der Waals surface area (Å²) in [5, 5.41) is 0. The first-order chi connectivity index (χ1) is 4.38. The van der Waals surface area contributed by atoms with Crippen molar-refractivity contribution in [3.63, 3.8) is 0 Å². The summed E-state index contributed by atoms with van der Waals surface area (Å²) in [6.07, 6.45) is 4.95. The molecular formula is C7H10O2. The number of carbonyl (C=O) groups is 1. The van der Waals surface area contributed by atoms with Crippen molar-refractivity contribution in [3.8, 4) is 0 Å². The molecule has 0 amide bonds. The average molecular weight is 126 g/mol. The van der Waals surface area contributed by atoms with Gasteiger partial charge in [0.1, 0.15) is 6.10 Å². The number of fused-ring (bicyclic) bond motifs is 1. The Kier molecular flexibility index (Phi) is 1.01. The van der Waals surface area contributed by atoms with E-state index in [-0.39, 0.29) is 5.97 Å². The van der Waals surface area contributed by atoms with Gasteiger partial charge in [-0.1, -0.05) is 6.42 Å². The van der Waals surface area contributed by atoms with Crippen LogP contribution in [0.25, 0.3) is 0 Å². The van der Waals surface area contributed by atoms with E-state index in [1.165, 1.54) is 12.8 Å². The van der Waals surface area contributed by atoms with Gasteiger partial charge in [-0.25, -0.2) is 0 Å². The average Bonchev–Trinajstić information content (AvgIpc) is 1.86. The molecule has 0 N–H and O–H groups in total. The van der Waals surface area contributed by atoms with Crippen molar-refractivity contribution >= 4 is 5.97 Å². The van der Waals surface area contributed by atoms with Gasteiger partial charge in [0.25, 0.3) is 0 Å². The third kappa shape index (κ3) is 0.655. The van der Waals surface area contributed by atoms with Gasteiger partial charge in [0.2, 0.25) is 0 Å². The molecule has 50 valence electrons. The van der Waals surface area contributed by atoms with Gasteiger partial charge in [-0.2, -0.15) is 0 Å². The van der Waals surface area contributed by atoms with E-state index in [1.807, 2.05) is 0 Å². The molecule has 2 rings (SSSR count). The van der Waals surface area contributed by atoms with Gasteiger partial charge in [-0.3, -0.25) is 4.79 Å². The molecule has 0 aromatic rings. The Hall–Kier alpha value is -0.530. The maximum atomic E-state index is 10.6. The highest BCUT2D eigenvalue weighted by Crippen LogP contribution is 2.35. The molecule has 0 unspecified atom stereocenters. The minimum Gasteiger partial charge on any atom is -0.461 e. The minimum atomic E-state index is 0.0414. The lowest BCUT2D eigenvalue weighted by Gasteiger charge is -2.38. The molecule has 9 heavy (non-hydrogen) atoms. The molecule has 0 spiro atoms. The quantitative estimate of drug-likeness (QED) is 0.454. The van der Waals surface area contributed by atoms with Crippen LogP contribution in [0.1, 0.15) is 25.7 Å². The first-order valence-corrected chi connectivity index (χ1v) is 3.58. The van der Waals surface area contributed by atoms with Crippen LogP contribution in [0, 0.1) is 5.92 Å². The van der Waals surface area contributed by atoms with Crippen LogP contribution < -0.4 is 0 Å². The molecule has 0 aromatic heterocycles. The molecule has 0 aromatic carbocycles. The van der Waals surface area contributed by atoms with Crippen LogP contribution in [0.5, 0.6) is 0 Å². The molecule has 2 nitrogen and oxygen atoms in total. The van der Waals surface area contributed by atoms with Gasteiger partial charge < -0.3 is 4.74 Å². The first-order valence-electron chi connectivity index (χ1n) is 3.58. The molecule has 1 saturated carbocycles. The maximum absolute atomic E-state index is 10.6. The molecule has 1 aliphatic heterocycles. The fourth-order valence-corrected chi connectivity index (χ4v) is 1.67. The molecule has 1 heterocycles. The van der Waals surface area contributed by atoms with Crippen molar-refractivity contribution < 1.29 is 9.53 Å². The Labute approximate surface area is 54.2 Å². The summed E-state index contributed by atoms with van der Waals surface area (Å²) in [7, 11) is 0. The normalized spacial score (nSPS) is 40.7. The van der Waals surface area contributed by atoms with Crippen LogP contribution in [0.2, 0.25) is 0 Å². The number of carbonyl (C=O) groups excluding carboxylic acids is 1. The summed E-state index contributed by atoms with van der Waals surface area (Å²) in [6.45, 7) is 0. The van der Waals surface area contributed by atoms with Crippen LogP contribution in [-0.4, -0.2) is 12.1 Å². The SMILES string of the molecule is O=C1O[C@H]2CCCC[C@@H]12. The monoisotopic (exact) mass is 126 g/mol. The standard InChI is InChI=1S/C7H10O2/c8-7-5-3-1-2-4-6(5)9-7/h5-6H,1-4H2/t5-,6+/m1/s1. The maximum Gasteiger partial charge on any atom is 0.313 e. The summed E-state index contributed by atoms with van der Waals surface area (Å²) in [4.78, 5) is 10.6. The molecule has 1 aliphatic carbocycles. The lowest BCUT2D eigenvalue weighted by atomic mass is 9.83. The van der Waals surface area contributed by atoms with E-state index in [2.05, 4.69) is 0 Å². The molecular weight excluding hydrogens is 116 g/mol. The Bertz CT molecular complexity index is 142. The molecule has 2 atom stereocenters. The Morgan fingerprint density at radius 3 is 2.67 bits per heavy atom. The second-order valence-corrected chi connectivity index (χ2v) is 2.87. The number of ether oxygens (including phenoxy) is 1. The predicted octanol–water partition coefficient (Wildman–Crippen LogP) is 1.10. The summed E-state index contributed by atoms with van der Waals surface area (Å²) in [5.74, 6) is 0.332. The van der Waals surface area contributed by atoms with E-state index in [0.717, 1.165) is 12.8 Å². The van der Waals surface area contributed by atoms with E-state index >= 15 is 0 Å². The van der Waals surface area contributed by atoms with Crippen molar-refractivity contribution in [2.45, 2.75) is 31.8 Å². The third-order valence-corrected chi connectivity index (χ3v) is 2.27. The Balaban J connectivity index is 2.01. The number of rotatable bonds is 0. The fraction of sp³-hybridized carbons (Fsp3) is 0.857. The lowest BCUT2D eigenvalue weighted by molar-refractivity contribution is -0.189. The summed E-state index contributed by atoms with van der Waals surface area (Å²) in [5.41, 5.74) is 0. The first kappa shape index (κ1) is 5.27. The molecule has 2 fully saturated rings.